The third-order valence-corrected chi connectivity index (χ3v) is 14.7. The molecular formula is C46H59N7O3S3. The summed E-state index contributed by atoms with van der Waals surface area (Å²) in [6, 6.07) is 15.7. The number of thiophene rings is 2. The minimum atomic E-state index is -0.0594. The SMILES string of the molecule is Cc1cc(C(=O)N2CCCCc3sccc32)ccc1CN.Cc1cc(C(=O)N2CCCCc3sccc32)ccc1CNC(=O)N1CCC[C@H]1C(=S)N1CCCN(C)CC1. The molecule has 3 N–H and O–H groups in total. The van der Waals surface area contributed by atoms with Gasteiger partial charge in [0.25, 0.3) is 11.8 Å². The van der Waals surface area contributed by atoms with Crippen LogP contribution in [0.15, 0.2) is 59.3 Å². The predicted molar refractivity (Wildman–Crippen MR) is 246 cm³/mol. The van der Waals surface area contributed by atoms with Crippen molar-refractivity contribution >= 4 is 69.1 Å². The van der Waals surface area contributed by atoms with Gasteiger partial charge in [-0.3, -0.25) is 9.59 Å². The van der Waals surface area contributed by atoms with Gasteiger partial charge in [0.1, 0.15) is 4.99 Å². The second-order valence-corrected chi connectivity index (χ2v) is 18.7. The van der Waals surface area contributed by atoms with E-state index in [1.807, 2.05) is 64.9 Å². The third-order valence-electron chi connectivity index (χ3n) is 12.2. The molecule has 8 rings (SSSR count). The number of anilines is 2. The molecule has 4 amide bonds. The van der Waals surface area contributed by atoms with Crippen LogP contribution in [0.1, 0.15) is 97.7 Å². The number of hydrogen-bond donors (Lipinski definition) is 2. The Morgan fingerprint density at radius 2 is 1.31 bits per heavy atom. The number of carbonyl (C=O) groups excluding carboxylic acids is 3. The normalized spacial score (nSPS) is 18.5. The Bertz CT molecular complexity index is 2130. The smallest absolute Gasteiger partial charge is 0.318 e. The first-order chi connectivity index (χ1) is 28.6. The highest BCUT2D eigenvalue weighted by molar-refractivity contribution is 7.80. The van der Waals surface area contributed by atoms with Crippen LogP contribution in [0.5, 0.6) is 0 Å². The number of nitrogens with zero attached hydrogens (tertiary/aromatic N) is 5. The molecule has 1 atom stereocenters. The van der Waals surface area contributed by atoms with Gasteiger partial charge in [-0.25, -0.2) is 4.79 Å². The van der Waals surface area contributed by atoms with Gasteiger partial charge in [-0.05, 0) is 155 Å². The molecule has 0 unspecified atom stereocenters. The van der Waals surface area contributed by atoms with Gasteiger partial charge in [0, 0.05) is 73.2 Å². The average molecular weight is 854 g/mol. The maximum Gasteiger partial charge on any atom is 0.318 e. The maximum absolute atomic E-state index is 13.4. The summed E-state index contributed by atoms with van der Waals surface area (Å²) in [6.07, 6.45) is 9.49. The van der Waals surface area contributed by atoms with Crippen LogP contribution >= 0.6 is 34.9 Å². The molecule has 2 saturated heterocycles. The van der Waals surface area contributed by atoms with Crippen molar-refractivity contribution in [1.29, 1.82) is 0 Å². The largest absolute Gasteiger partial charge is 0.363 e. The first kappa shape index (κ1) is 43.0. The van der Waals surface area contributed by atoms with E-state index >= 15 is 0 Å². The van der Waals surface area contributed by atoms with E-state index in [1.165, 1.54) is 9.75 Å². The monoisotopic (exact) mass is 853 g/mol. The standard InChI is InChI=1S/C29H39N5O2S2.C17H20N2OS/c1-21-19-22(27(35)33-14-4-3-8-26-24(33)11-18-38-26)9-10-23(21)20-30-29(36)34-15-5-7-25(34)28(37)32-13-6-12-31(2)16-17-32;1-12-10-13(5-6-14(12)11-18)17(20)19-8-3-2-4-16-15(19)7-9-21-16/h9-11,18-19,25H,3-8,12-17,20H2,1-2H3,(H,30,36);5-7,9-10H,2-4,8,11,18H2,1H3/t25-;/m0./s1. The highest BCUT2D eigenvalue weighted by Crippen LogP contribution is 2.34. The molecule has 314 valence electrons. The van der Waals surface area contributed by atoms with E-state index in [0.717, 1.165) is 148 Å². The van der Waals surface area contributed by atoms with Crippen molar-refractivity contribution in [2.45, 2.75) is 90.8 Å². The molecule has 0 saturated carbocycles. The highest BCUT2D eigenvalue weighted by Gasteiger charge is 2.34. The van der Waals surface area contributed by atoms with Crippen molar-refractivity contribution in [3.05, 3.63) is 102 Å². The summed E-state index contributed by atoms with van der Waals surface area (Å²) in [6.45, 7) is 11.2. The molecule has 0 radical (unpaired) electrons. The van der Waals surface area contributed by atoms with Crippen molar-refractivity contribution in [1.82, 2.24) is 20.0 Å². The number of thiocarbonyl (C=S) groups is 1. The van der Waals surface area contributed by atoms with Crippen molar-refractivity contribution in [2.75, 3.05) is 62.7 Å². The van der Waals surface area contributed by atoms with Gasteiger partial charge in [-0.1, -0.05) is 24.4 Å². The van der Waals surface area contributed by atoms with Gasteiger partial charge in [-0.15, -0.1) is 22.7 Å². The number of likely N-dealkylation sites (N-methyl/N-ethyl adjacent to an activating group) is 1. The lowest BCUT2D eigenvalue weighted by Crippen LogP contribution is -2.50. The minimum Gasteiger partial charge on any atom is -0.363 e. The number of carbonyl (C=O) groups is 3. The third kappa shape index (κ3) is 10.1. The van der Waals surface area contributed by atoms with Gasteiger partial charge < -0.3 is 35.6 Å². The lowest BCUT2D eigenvalue weighted by Gasteiger charge is -2.32. The number of amides is 4. The number of likely N-dealkylation sites (tertiary alicyclic amines) is 1. The Morgan fingerprint density at radius 3 is 1.88 bits per heavy atom. The number of rotatable bonds is 6. The fourth-order valence-electron chi connectivity index (χ4n) is 8.71. The number of hydrogen-bond acceptors (Lipinski definition) is 8. The molecular weight excluding hydrogens is 795 g/mol. The van der Waals surface area contributed by atoms with Gasteiger partial charge in [0.15, 0.2) is 0 Å². The zero-order valence-electron chi connectivity index (χ0n) is 34.8. The van der Waals surface area contributed by atoms with Gasteiger partial charge in [-0.2, -0.15) is 0 Å². The first-order valence-electron chi connectivity index (χ1n) is 21.3. The number of aryl methyl sites for hydroxylation is 4. The lowest BCUT2D eigenvalue weighted by molar-refractivity contribution is 0.0979. The van der Waals surface area contributed by atoms with Crippen LogP contribution in [0.4, 0.5) is 16.2 Å². The summed E-state index contributed by atoms with van der Waals surface area (Å²) in [5.41, 5.74) is 13.5. The Kier molecular flexibility index (Phi) is 14.5. The van der Waals surface area contributed by atoms with Crippen LogP contribution in [0.25, 0.3) is 0 Å². The molecule has 2 aromatic heterocycles. The van der Waals surface area contributed by atoms with Crippen LogP contribution in [0.3, 0.4) is 0 Å². The molecule has 4 aliphatic rings. The van der Waals surface area contributed by atoms with Crippen molar-refractivity contribution in [2.24, 2.45) is 5.73 Å². The quantitative estimate of drug-likeness (QED) is 0.189. The van der Waals surface area contributed by atoms with E-state index in [0.29, 0.717) is 18.7 Å². The minimum absolute atomic E-state index is 0.00915. The molecule has 2 aromatic carbocycles. The first-order valence-corrected chi connectivity index (χ1v) is 23.5. The topological polar surface area (TPSA) is 105 Å². The maximum atomic E-state index is 13.4. The van der Waals surface area contributed by atoms with Gasteiger partial charge in [0.2, 0.25) is 0 Å². The second-order valence-electron chi connectivity index (χ2n) is 16.3. The van der Waals surface area contributed by atoms with Crippen molar-refractivity contribution in [3.63, 3.8) is 0 Å². The number of nitrogens with two attached hydrogens (primary N) is 1. The number of benzene rings is 2. The van der Waals surface area contributed by atoms with E-state index in [9.17, 15) is 14.4 Å². The number of nitrogens with one attached hydrogen (secondary N) is 1. The lowest BCUT2D eigenvalue weighted by atomic mass is 10.0. The Hall–Kier alpha value is -4.14. The van der Waals surface area contributed by atoms with Crippen LogP contribution in [-0.2, 0) is 25.9 Å². The summed E-state index contributed by atoms with van der Waals surface area (Å²) in [4.78, 5) is 53.5. The number of fused-ring (bicyclic) bond motifs is 2. The molecule has 2 fully saturated rings. The summed E-state index contributed by atoms with van der Waals surface area (Å²) in [5.74, 6) is 0.154. The molecule has 6 heterocycles. The summed E-state index contributed by atoms with van der Waals surface area (Å²) in [7, 11) is 2.15. The summed E-state index contributed by atoms with van der Waals surface area (Å²) >= 11 is 9.39. The van der Waals surface area contributed by atoms with Gasteiger partial charge in [0.05, 0.1) is 17.4 Å². The molecule has 4 aromatic rings. The van der Waals surface area contributed by atoms with E-state index in [-0.39, 0.29) is 23.9 Å². The fraction of sp³-hybridized carbons (Fsp3) is 0.478. The van der Waals surface area contributed by atoms with Crippen LogP contribution in [0, 0.1) is 13.8 Å². The Morgan fingerprint density at radius 1 is 0.712 bits per heavy atom. The fourth-order valence-corrected chi connectivity index (χ4v) is 11.0. The highest BCUT2D eigenvalue weighted by atomic mass is 32.1. The van der Waals surface area contributed by atoms with E-state index < -0.39 is 0 Å². The predicted octanol–water partition coefficient (Wildman–Crippen LogP) is 8.18. The van der Waals surface area contributed by atoms with E-state index in [1.54, 1.807) is 22.7 Å². The van der Waals surface area contributed by atoms with E-state index in [2.05, 4.69) is 45.1 Å². The zero-order chi connectivity index (χ0) is 41.5. The number of urea groups is 1. The van der Waals surface area contributed by atoms with Crippen LogP contribution in [-0.4, -0.2) is 96.4 Å². The zero-order valence-corrected chi connectivity index (χ0v) is 37.3. The molecule has 13 heteroatoms. The van der Waals surface area contributed by atoms with Crippen LogP contribution in [0.2, 0.25) is 0 Å². The molecule has 0 spiro atoms. The Labute approximate surface area is 363 Å². The van der Waals surface area contributed by atoms with Crippen molar-refractivity contribution in [3.8, 4) is 0 Å². The molecule has 0 aliphatic carbocycles. The average Bonchev–Trinajstić information content (AvgIpc) is 3.94. The molecule has 59 heavy (non-hydrogen) atoms. The summed E-state index contributed by atoms with van der Waals surface area (Å²) < 4.78 is 0. The van der Waals surface area contributed by atoms with Gasteiger partial charge >= 0.3 is 6.03 Å². The van der Waals surface area contributed by atoms with Crippen LogP contribution < -0.4 is 20.9 Å². The van der Waals surface area contributed by atoms with Crippen molar-refractivity contribution < 1.29 is 14.4 Å². The summed E-state index contributed by atoms with van der Waals surface area (Å²) in [5, 5.41) is 7.29. The molecule has 10 nitrogen and oxygen atoms in total. The van der Waals surface area contributed by atoms with E-state index in [4.69, 9.17) is 18.0 Å². The Balaban J connectivity index is 0.000000212. The molecule has 4 aliphatic heterocycles. The second kappa shape index (κ2) is 19.9. The molecule has 0 bridgehead atoms.